The fraction of sp³-hybridized carbons (Fsp3) is 0.0526. The molecule has 0 amide bonds. The first-order chi connectivity index (χ1) is 10.5. The first-order valence-electron chi connectivity index (χ1n) is 6.86. The number of alkyl halides is 3. The smallest absolute Gasteiger partial charge is 0.166 e. The van der Waals surface area contributed by atoms with Crippen molar-refractivity contribution >= 4 is 6.08 Å². The summed E-state index contributed by atoms with van der Waals surface area (Å²) < 4.78 is 37.7. The summed E-state index contributed by atoms with van der Waals surface area (Å²) in [6.45, 7) is 0. The van der Waals surface area contributed by atoms with Crippen molar-refractivity contribution in [2.75, 3.05) is 0 Å². The molecule has 0 heterocycles. The van der Waals surface area contributed by atoms with Gasteiger partial charge in [-0.25, -0.2) is 0 Å². The third kappa shape index (κ3) is 3.19. The Morgan fingerprint density at radius 3 is 1.68 bits per heavy atom. The lowest BCUT2D eigenvalue weighted by atomic mass is 10.0. The van der Waals surface area contributed by atoms with Gasteiger partial charge in [0, 0.05) is 0 Å². The second-order valence-corrected chi connectivity index (χ2v) is 5.06. The lowest BCUT2D eigenvalue weighted by Gasteiger charge is -2.08. The minimum Gasteiger partial charge on any atom is -0.166 e. The van der Waals surface area contributed by atoms with Gasteiger partial charge in [0.05, 0.1) is 5.56 Å². The van der Waals surface area contributed by atoms with Gasteiger partial charge < -0.3 is 0 Å². The molecule has 0 saturated heterocycles. The zero-order chi connectivity index (χ0) is 15.6. The molecule has 2 aromatic carbocycles. The molecule has 1 aliphatic rings. The van der Waals surface area contributed by atoms with Crippen molar-refractivity contribution in [3.8, 4) is 11.1 Å². The molecule has 0 fully saturated rings. The monoisotopic (exact) mass is 298 g/mol. The maximum atomic E-state index is 12.6. The molecule has 0 saturated carbocycles. The Bertz CT molecular complexity index is 729. The maximum Gasteiger partial charge on any atom is 0.416 e. The highest BCUT2D eigenvalue weighted by Gasteiger charge is 2.29. The van der Waals surface area contributed by atoms with Crippen molar-refractivity contribution in [3.05, 3.63) is 89.5 Å². The maximum absolute atomic E-state index is 12.6. The van der Waals surface area contributed by atoms with E-state index in [-0.39, 0.29) is 0 Å². The molecule has 0 bridgehead atoms. The van der Waals surface area contributed by atoms with E-state index < -0.39 is 11.7 Å². The van der Waals surface area contributed by atoms with Gasteiger partial charge in [-0.1, -0.05) is 60.7 Å². The second kappa shape index (κ2) is 5.68. The molecule has 22 heavy (non-hydrogen) atoms. The Morgan fingerprint density at radius 2 is 1.18 bits per heavy atom. The van der Waals surface area contributed by atoms with Gasteiger partial charge in [-0.05, 0) is 40.5 Å². The second-order valence-electron chi connectivity index (χ2n) is 5.06. The minimum atomic E-state index is -4.29. The van der Waals surface area contributed by atoms with E-state index >= 15 is 0 Å². The van der Waals surface area contributed by atoms with Crippen LogP contribution >= 0.6 is 0 Å². The number of halogens is 3. The van der Waals surface area contributed by atoms with Crippen LogP contribution in [0.1, 0.15) is 11.1 Å². The summed E-state index contributed by atoms with van der Waals surface area (Å²) in [7, 11) is 0. The summed E-state index contributed by atoms with van der Waals surface area (Å²) >= 11 is 0. The van der Waals surface area contributed by atoms with E-state index in [0.717, 1.165) is 34.4 Å². The van der Waals surface area contributed by atoms with Gasteiger partial charge in [-0.2, -0.15) is 13.2 Å². The van der Waals surface area contributed by atoms with Gasteiger partial charge >= 0.3 is 6.18 Å². The van der Waals surface area contributed by atoms with E-state index in [4.69, 9.17) is 0 Å². The Morgan fingerprint density at radius 1 is 0.682 bits per heavy atom. The van der Waals surface area contributed by atoms with Gasteiger partial charge in [0.15, 0.2) is 0 Å². The van der Waals surface area contributed by atoms with Crippen LogP contribution in [0.2, 0.25) is 0 Å². The van der Waals surface area contributed by atoms with E-state index in [1.807, 2.05) is 48.6 Å². The molecule has 0 spiro atoms. The average molecular weight is 298 g/mol. The van der Waals surface area contributed by atoms with Crippen LogP contribution in [-0.2, 0) is 6.18 Å². The van der Waals surface area contributed by atoms with Crippen LogP contribution in [0.3, 0.4) is 0 Å². The highest BCUT2D eigenvalue weighted by Crippen LogP contribution is 2.31. The molecule has 1 aliphatic carbocycles. The number of benzene rings is 2. The summed E-state index contributed by atoms with van der Waals surface area (Å²) in [6.07, 6.45) is 5.74. The molecule has 0 atom stereocenters. The van der Waals surface area contributed by atoms with Gasteiger partial charge in [0.2, 0.25) is 0 Å². The summed E-state index contributed by atoms with van der Waals surface area (Å²) in [5, 5.41) is 0. The summed E-state index contributed by atoms with van der Waals surface area (Å²) in [4.78, 5) is 0. The third-order valence-electron chi connectivity index (χ3n) is 3.48. The van der Waals surface area contributed by atoms with Crippen molar-refractivity contribution in [2.45, 2.75) is 6.18 Å². The molecule has 0 aliphatic heterocycles. The molecule has 110 valence electrons. The lowest BCUT2D eigenvalue weighted by Crippen LogP contribution is -2.03. The zero-order valence-electron chi connectivity index (χ0n) is 11.6. The van der Waals surface area contributed by atoms with E-state index in [2.05, 4.69) is 6.08 Å². The fourth-order valence-electron chi connectivity index (χ4n) is 2.30. The van der Waals surface area contributed by atoms with Crippen LogP contribution in [-0.4, -0.2) is 0 Å². The average Bonchev–Trinajstić information content (AvgIpc) is 3.00. The first kappa shape index (κ1) is 14.4. The highest BCUT2D eigenvalue weighted by molar-refractivity contribution is 5.68. The van der Waals surface area contributed by atoms with Crippen molar-refractivity contribution in [2.24, 2.45) is 0 Å². The largest absolute Gasteiger partial charge is 0.416 e. The number of allylic oxidation sites excluding steroid dienone is 5. The molecular weight excluding hydrogens is 285 g/mol. The fourth-order valence-corrected chi connectivity index (χ4v) is 2.30. The first-order valence-corrected chi connectivity index (χ1v) is 6.86. The van der Waals surface area contributed by atoms with Crippen molar-refractivity contribution in [1.82, 2.24) is 0 Å². The molecule has 2 aromatic rings. The Balaban J connectivity index is 1.82. The summed E-state index contributed by atoms with van der Waals surface area (Å²) in [5.41, 5.74) is 3.22. The van der Waals surface area contributed by atoms with E-state index in [1.54, 1.807) is 0 Å². The number of hydrogen-bond donors (Lipinski definition) is 0. The number of hydrogen-bond acceptors (Lipinski definition) is 0. The van der Waals surface area contributed by atoms with E-state index in [9.17, 15) is 13.2 Å². The van der Waals surface area contributed by atoms with Gasteiger partial charge in [-0.3, -0.25) is 0 Å². The number of rotatable bonds is 2. The van der Waals surface area contributed by atoms with Crippen molar-refractivity contribution < 1.29 is 13.2 Å². The van der Waals surface area contributed by atoms with E-state index in [0.29, 0.717) is 0 Å². The predicted octanol–water partition coefficient (Wildman–Crippen LogP) is 5.88. The van der Waals surface area contributed by atoms with Crippen LogP contribution in [0.15, 0.2) is 78.4 Å². The molecule has 0 radical (unpaired) electrons. The molecule has 0 nitrogen and oxygen atoms in total. The van der Waals surface area contributed by atoms with E-state index in [1.165, 1.54) is 12.1 Å². The highest BCUT2D eigenvalue weighted by atomic mass is 19.4. The molecular formula is C19H13F3. The normalized spacial score (nSPS) is 13.7. The van der Waals surface area contributed by atoms with Crippen LogP contribution in [0.25, 0.3) is 17.2 Å². The van der Waals surface area contributed by atoms with Crippen LogP contribution in [0.4, 0.5) is 13.2 Å². The lowest BCUT2D eigenvalue weighted by molar-refractivity contribution is -0.137. The topological polar surface area (TPSA) is 0 Å². The SMILES string of the molecule is FC(F)(F)c1ccc(-c2ccc(C=C3C=CC=C3)cc2)cc1. The van der Waals surface area contributed by atoms with Gasteiger partial charge in [0.1, 0.15) is 0 Å². The quantitative estimate of drug-likeness (QED) is 0.649. The molecule has 3 rings (SSSR count). The zero-order valence-corrected chi connectivity index (χ0v) is 11.6. The molecule has 0 N–H and O–H groups in total. The van der Waals surface area contributed by atoms with Crippen LogP contribution in [0, 0.1) is 0 Å². The Kier molecular flexibility index (Phi) is 3.72. The van der Waals surface area contributed by atoms with Crippen molar-refractivity contribution in [1.29, 1.82) is 0 Å². The standard InChI is InChI=1S/C19H13F3/c20-19(21,22)18-11-9-17(10-12-18)16-7-5-15(6-8-16)13-14-3-1-2-4-14/h1-13H. The summed E-state index contributed by atoms with van der Waals surface area (Å²) in [6, 6.07) is 13.0. The Labute approximate surface area is 126 Å². The van der Waals surface area contributed by atoms with Gasteiger partial charge in [-0.15, -0.1) is 0 Å². The van der Waals surface area contributed by atoms with Crippen LogP contribution < -0.4 is 0 Å². The molecule has 0 aromatic heterocycles. The third-order valence-corrected chi connectivity index (χ3v) is 3.48. The Hall–Kier alpha value is -2.55. The van der Waals surface area contributed by atoms with Gasteiger partial charge in [0.25, 0.3) is 0 Å². The van der Waals surface area contributed by atoms with Crippen molar-refractivity contribution in [3.63, 3.8) is 0 Å². The predicted molar refractivity (Wildman–Crippen MR) is 83.1 cm³/mol. The van der Waals surface area contributed by atoms with Crippen LogP contribution in [0.5, 0.6) is 0 Å². The minimum absolute atomic E-state index is 0.627. The summed E-state index contributed by atoms with van der Waals surface area (Å²) in [5.74, 6) is 0. The molecule has 3 heteroatoms. The molecule has 0 unspecified atom stereocenters.